The van der Waals surface area contributed by atoms with E-state index in [1.54, 1.807) is 6.07 Å². The fourth-order valence-electron chi connectivity index (χ4n) is 1.64. The van der Waals surface area contributed by atoms with Crippen molar-refractivity contribution >= 4 is 54.8 Å². The maximum absolute atomic E-state index is 10.8. The summed E-state index contributed by atoms with van der Waals surface area (Å²) in [4.78, 5) is 10.3. The van der Waals surface area contributed by atoms with Gasteiger partial charge in [0.1, 0.15) is 5.02 Å². The number of anilines is 1. The Hall–Kier alpha value is -1.11. The second kappa shape index (κ2) is 6.56. The van der Waals surface area contributed by atoms with E-state index in [9.17, 15) is 10.1 Å². The average molecular weight is 420 g/mol. The molecule has 0 aliphatic carbocycles. The minimum absolute atomic E-state index is 0.0826. The van der Waals surface area contributed by atoms with E-state index in [1.807, 2.05) is 18.2 Å². The molecule has 0 aromatic heterocycles. The fraction of sp³-hybridized carbons (Fsp3) is 0.0769. The highest BCUT2D eigenvalue weighted by Crippen LogP contribution is 2.28. The lowest BCUT2D eigenvalue weighted by atomic mass is 10.2. The van der Waals surface area contributed by atoms with Crippen LogP contribution < -0.4 is 5.32 Å². The molecule has 0 radical (unpaired) electrons. The highest BCUT2D eigenvalue weighted by atomic mass is 79.9. The molecule has 0 bridgehead atoms. The van der Waals surface area contributed by atoms with Crippen LogP contribution in [-0.4, -0.2) is 4.92 Å². The average Bonchev–Trinajstić information content (AvgIpc) is 2.39. The van der Waals surface area contributed by atoms with E-state index in [1.165, 1.54) is 12.1 Å². The van der Waals surface area contributed by atoms with Gasteiger partial charge in [0.05, 0.1) is 4.92 Å². The van der Waals surface area contributed by atoms with Crippen LogP contribution in [0.25, 0.3) is 0 Å². The highest BCUT2D eigenvalue weighted by Gasteiger charge is 2.12. The van der Waals surface area contributed by atoms with Gasteiger partial charge in [0, 0.05) is 27.2 Å². The first-order valence-corrected chi connectivity index (χ1v) is 7.55. The third kappa shape index (κ3) is 3.71. The number of hydrogen-bond donors (Lipinski definition) is 1. The van der Waals surface area contributed by atoms with Crippen LogP contribution in [0.1, 0.15) is 5.56 Å². The second-order valence-electron chi connectivity index (χ2n) is 4.02. The third-order valence-corrected chi connectivity index (χ3v) is 4.09. The molecule has 20 heavy (non-hydrogen) atoms. The van der Waals surface area contributed by atoms with Gasteiger partial charge < -0.3 is 5.32 Å². The predicted octanol–water partition coefficient (Wildman–Crippen LogP) is 5.39. The Balaban J connectivity index is 2.15. The fourth-order valence-corrected chi connectivity index (χ4v) is 3.01. The summed E-state index contributed by atoms with van der Waals surface area (Å²) in [5.74, 6) is 0. The molecule has 0 spiro atoms. The monoisotopic (exact) mass is 418 g/mol. The zero-order valence-corrected chi connectivity index (χ0v) is 14.0. The smallest absolute Gasteiger partial charge is 0.288 e. The van der Waals surface area contributed by atoms with Crippen molar-refractivity contribution in [2.75, 3.05) is 5.32 Å². The van der Waals surface area contributed by atoms with Crippen molar-refractivity contribution in [3.05, 3.63) is 66.0 Å². The first-order valence-electron chi connectivity index (χ1n) is 5.59. The van der Waals surface area contributed by atoms with Crippen molar-refractivity contribution in [2.24, 2.45) is 0 Å². The molecule has 0 saturated heterocycles. The van der Waals surface area contributed by atoms with Gasteiger partial charge in [0.2, 0.25) is 0 Å². The van der Waals surface area contributed by atoms with Gasteiger partial charge in [0.25, 0.3) is 5.69 Å². The van der Waals surface area contributed by atoms with Gasteiger partial charge in [0.15, 0.2) is 0 Å². The number of nitro groups is 1. The normalized spacial score (nSPS) is 10.3. The number of hydrogen-bond acceptors (Lipinski definition) is 3. The zero-order chi connectivity index (χ0) is 14.7. The lowest BCUT2D eigenvalue weighted by Crippen LogP contribution is -2.01. The highest BCUT2D eigenvalue weighted by molar-refractivity contribution is 9.11. The van der Waals surface area contributed by atoms with Gasteiger partial charge in [-0.1, -0.05) is 33.6 Å². The molecule has 0 atom stereocenters. The van der Waals surface area contributed by atoms with E-state index in [0.29, 0.717) is 6.54 Å². The first-order chi connectivity index (χ1) is 9.47. The summed E-state index contributed by atoms with van der Waals surface area (Å²) in [6.07, 6.45) is 0. The molecular formula is C13H9Br2ClN2O2. The summed E-state index contributed by atoms with van der Waals surface area (Å²) in [6.45, 7) is 0.470. The van der Waals surface area contributed by atoms with Crippen molar-refractivity contribution in [3.8, 4) is 0 Å². The summed E-state index contributed by atoms with van der Waals surface area (Å²) in [7, 11) is 0. The maximum Gasteiger partial charge on any atom is 0.288 e. The van der Waals surface area contributed by atoms with Crippen molar-refractivity contribution in [1.82, 2.24) is 0 Å². The van der Waals surface area contributed by atoms with E-state index in [-0.39, 0.29) is 10.7 Å². The minimum atomic E-state index is -0.485. The Morgan fingerprint density at radius 3 is 2.60 bits per heavy atom. The van der Waals surface area contributed by atoms with Crippen LogP contribution in [-0.2, 0) is 6.54 Å². The van der Waals surface area contributed by atoms with Crippen molar-refractivity contribution in [1.29, 1.82) is 0 Å². The number of nitrogens with one attached hydrogen (secondary N) is 1. The minimum Gasteiger partial charge on any atom is -0.380 e. The van der Waals surface area contributed by atoms with Crippen molar-refractivity contribution in [3.63, 3.8) is 0 Å². The van der Waals surface area contributed by atoms with Crippen LogP contribution in [0.5, 0.6) is 0 Å². The topological polar surface area (TPSA) is 55.2 Å². The van der Waals surface area contributed by atoms with E-state index >= 15 is 0 Å². The van der Waals surface area contributed by atoms with Crippen LogP contribution in [0.2, 0.25) is 5.02 Å². The Labute approximate surface area is 137 Å². The molecule has 4 nitrogen and oxygen atoms in total. The summed E-state index contributed by atoms with van der Waals surface area (Å²) in [5.41, 5.74) is 1.61. The number of nitro benzene ring substituents is 1. The third-order valence-electron chi connectivity index (χ3n) is 2.62. The van der Waals surface area contributed by atoms with E-state index in [0.717, 1.165) is 20.2 Å². The molecule has 7 heteroatoms. The zero-order valence-electron chi connectivity index (χ0n) is 10.1. The van der Waals surface area contributed by atoms with Gasteiger partial charge in [-0.3, -0.25) is 10.1 Å². The molecule has 2 rings (SSSR count). The summed E-state index contributed by atoms with van der Waals surface area (Å²) >= 11 is 12.6. The Morgan fingerprint density at radius 1 is 1.20 bits per heavy atom. The molecular weight excluding hydrogens is 411 g/mol. The van der Waals surface area contributed by atoms with Crippen LogP contribution in [0, 0.1) is 10.1 Å². The van der Waals surface area contributed by atoms with Crippen molar-refractivity contribution < 1.29 is 4.92 Å². The molecule has 0 aliphatic heterocycles. The largest absolute Gasteiger partial charge is 0.380 e. The molecule has 0 heterocycles. The quantitative estimate of drug-likeness (QED) is 0.533. The van der Waals surface area contributed by atoms with Gasteiger partial charge in [-0.15, -0.1) is 0 Å². The second-order valence-corrected chi connectivity index (χ2v) is 6.20. The van der Waals surface area contributed by atoms with Gasteiger partial charge in [-0.2, -0.15) is 0 Å². The molecule has 0 amide bonds. The number of benzene rings is 2. The van der Waals surface area contributed by atoms with E-state index < -0.39 is 4.92 Å². The summed E-state index contributed by atoms with van der Waals surface area (Å²) in [5, 5.41) is 14.2. The molecule has 0 fully saturated rings. The van der Waals surface area contributed by atoms with E-state index in [2.05, 4.69) is 37.2 Å². The molecule has 1 N–H and O–H groups in total. The molecule has 2 aromatic rings. The number of halogens is 3. The number of nitrogens with zero attached hydrogens (tertiary/aromatic N) is 1. The molecule has 2 aromatic carbocycles. The van der Waals surface area contributed by atoms with Crippen LogP contribution >= 0.6 is 43.5 Å². The molecule has 0 saturated carbocycles. The Kier molecular flexibility index (Phi) is 5.01. The van der Waals surface area contributed by atoms with Crippen molar-refractivity contribution in [2.45, 2.75) is 6.54 Å². The van der Waals surface area contributed by atoms with E-state index in [4.69, 9.17) is 11.6 Å². The molecule has 0 unspecified atom stereocenters. The van der Waals surface area contributed by atoms with Crippen LogP contribution in [0.15, 0.2) is 45.3 Å². The van der Waals surface area contributed by atoms with Gasteiger partial charge >= 0.3 is 0 Å². The SMILES string of the molecule is O=[N+]([O-])c1cc(CNc2ccc(Br)cc2Br)ccc1Cl. The Bertz CT molecular complexity index is 665. The summed E-state index contributed by atoms with van der Waals surface area (Å²) < 4.78 is 1.88. The summed E-state index contributed by atoms with van der Waals surface area (Å²) in [6, 6.07) is 10.5. The standard InChI is InChI=1S/C13H9Br2ClN2O2/c14-9-2-4-12(10(15)6-9)17-7-8-1-3-11(16)13(5-8)18(19)20/h1-6,17H,7H2. The van der Waals surface area contributed by atoms with Crippen LogP contribution in [0.4, 0.5) is 11.4 Å². The van der Waals surface area contributed by atoms with Gasteiger partial charge in [-0.25, -0.2) is 0 Å². The first kappa shape index (κ1) is 15.3. The lowest BCUT2D eigenvalue weighted by Gasteiger charge is -2.09. The molecule has 0 aliphatic rings. The predicted molar refractivity (Wildman–Crippen MR) is 87.3 cm³/mol. The molecule has 104 valence electrons. The number of rotatable bonds is 4. The lowest BCUT2D eigenvalue weighted by molar-refractivity contribution is -0.384. The van der Waals surface area contributed by atoms with Crippen LogP contribution in [0.3, 0.4) is 0 Å². The van der Waals surface area contributed by atoms with Gasteiger partial charge in [-0.05, 0) is 45.8 Å². The maximum atomic E-state index is 10.8. The Morgan fingerprint density at radius 2 is 1.95 bits per heavy atom.